The molecular formula is C14H13ClN2O4S. The number of non-ortho nitro benzene ring substituents is 1. The molecule has 1 heterocycles. The average Bonchev–Trinajstić information content (AvgIpc) is 3.02. The van der Waals surface area contributed by atoms with Gasteiger partial charge in [0.15, 0.2) is 0 Å². The van der Waals surface area contributed by atoms with Crippen LogP contribution >= 0.6 is 22.9 Å². The zero-order valence-corrected chi connectivity index (χ0v) is 13.2. The van der Waals surface area contributed by atoms with Gasteiger partial charge in [-0.2, -0.15) is 11.3 Å². The van der Waals surface area contributed by atoms with Gasteiger partial charge in [0.05, 0.1) is 15.5 Å². The van der Waals surface area contributed by atoms with Crippen molar-refractivity contribution < 1.29 is 14.5 Å². The van der Waals surface area contributed by atoms with E-state index in [4.69, 9.17) is 16.3 Å². The Hall–Kier alpha value is -1.96. The topological polar surface area (TPSA) is 81.5 Å². The predicted molar refractivity (Wildman–Crippen MR) is 84.5 cm³/mol. The molecular weight excluding hydrogens is 328 g/mol. The summed E-state index contributed by atoms with van der Waals surface area (Å²) in [7, 11) is 1.55. The number of methoxy groups -OCH3 is 1. The Balaban J connectivity index is 2.09. The van der Waals surface area contributed by atoms with E-state index in [1.165, 1.54) is 23.5 Å². The summed E-state index contributed by atoms with van der Waals surface area (Å²) in [6.07, 6.45) is -0.285. The van der Waals surface area contributed by atoms with Gasteiger partial charge in [0.1, 0.15) is 6.10 Å². The molecule has 22 heavy (non-hydrogen) atoms. The smallest absolute Gasteiger partial charge is 0.270 e. The van der Waals surface area contributed by atoms with E-state index in [0.717, 1.165) is 11.6 Å². The number of carbonyl (C=O) groups is 1. The Bertz CT molecular complexity index is 675. The molecule has 0 spiro atoms. The molecule has 0 bridgehead atoms. The normalized spacial score (nSPS) is 11.9. The monoisotopic (exact) mass is 340 g/mol. The van der Waals surface area contributed by atoms with Gasteiger partial charge in [-0.1, -0.05) is 11.6 Å². The molecule has 1 amide bonds. The van der Waals surface area contributed by atoms with E-state index in [1.54, 1.807) is 7.11 Å². The first-order chi connectivity index (χ1) is 10.5. The summed E-state index contributed by atoms with van der Waals surface area (Å²) in [4.78, 5) is 22.4. The highest BCUT2D eigenvalue weighted by Gasteiger charge is 2.18. The van der Waals surface area contributed by atoms with Gasteiger partial charge >= 0.3 is 0 Å². The van der Waals surface area contributed by atoms with Crippen LogP contribution in [-0.4, -0.2) is 24.5 Å². The van der Waals surface area contributed by atoms with Crippen LogP contribution in [0.25, 0.3) is 0 Å². The van der Waals surface area contributed by atoms with Gasteiger partial charge in [-0.05, 0) is 28.5 Å². The van der Waals surface area contributed by atoms with Gasteiger partial charge in [-0.15, -0.1) is 0 Å². The number of nitrogens with zero attached hydrogens (tertiary/aromatic N) is 1. The fourth-order valence-electron chi connectivity index (χ4n) is 1.88. The van der Waals surface area contributed by atoms with Crippen molar-refractivity contribution in [1.29, 1.82) is 0 Å². The van der Waals surface area contributed by atoms with Gasteiger partial charge in [0.25, 0.3) is 11.6 Å². The number of halogens is 1. The summed E-state index contributed by atoms with van der Waals surface area (Å²) in [6, 6.07) is 5.65. The summed E-state index contributed by atoms with van der Waals surface area (Å²) in [6.45, 7) is 0.241. The second-order valence-electron chi connectivity index (χ2n) is 4.41. The molecule has 0 aliphatic heterocycles. The number of ether oxygens (including phenoxy) is 1. The summed E-state index contributed by atoms with van der Waals surface area (Å²) in [5.41, 5.74) is 0.838. The molecule has 6 nitrogen and oxygen atoms in total. The second-order valence-corrected chi connectivity index (χ2v) is 5.60. The molecule has 1 atom stereocenters. The van der Waals surface area contributed by atoms with Crippen molar-refractivity contribution in [3.05, 3.63) is 61.3 Å². The van der Waals surface area contributed by atoms with Crippen LogP contribution in [-0.2, 0) is 4.74 Å². The number of hydrogen-bond donors (Lipinski definition) is 1. The Morgan fingerprint density at radius 1 is 1.50 bits per heavy atom. The van der Waals surface area contributed by atoms with Crippen LogP contribution in [0.4, 0.5) is 5.69 Å². The number of carbonyl (C=O) groups excluding carboxylic acids is 1. The number of rotatable bonds is 6. The molecule has 0 aliphatic rings. The predicted octanol–water partition coefficient (Wildman–Crippen LogP) is 3.43. The first-order valence-corrected chi connectivity index (χ1v) is 7.62. The Morgan fingerprint density at radius 2 is 2.27 bits per heavy atom. The van der Waals surface area contributed by atoms with Crippen LogP contribution < -0.4 is 5.32 Å². The van der Waals surface area contributed by atoms with Gasteiger partial charge in [0, 0.05) is 25.8 Å². The third kappa shape index (κ3) is 3.82. The van der Waals surface area contributed by atoms with E-state index < -0.39 is 10.8 Å². The number of nitro benzene ring substituents is 1. The third-order valence-corrected chi connectivity index (χ3v) is 4.08. The minimum Gasteiger partial charge on any atom is -0.375 e. The Morgan fingerprint density at radius 3 is 2.86 bits per heavy atom. The molecule has 1 N–H and O–H groups in total. The molecule has 0 radical (unpaired) electrons. The molecule has 1 aromatic heterocycles. The third-order valence-electron chi connectivity index (χ3n) is 3.05. The molecule has 2 aromatic rings. The maximum Gasteiger partial charge on any atom is 0.270 e. The summed E-state index contributed by atoms with van der Waals surface area (Å²) >= 11 is 7.46. The van der Waals surface area contributed by atoms with Crippen LogP contribution in [0.5, 0.6) is 0 Å². The second kappa shape index (κ2) is 7.35. The van der Waals surface area contributed by atoms with Crippen molar-refractivity contribution in [2.45, 2.75) is 6.10 Å². The lowest BCUT2D eigenvalue weighted by atomic mass is 10.1. The maximum absolute atomic E-state index is 12.2. The van der Waals surface area contributed by atoms with Crippen LogP contribution in [0.15, 0.2) is 35.0 Å². The first-order valence-electron chi connectivity index (χ1n) is 6.30. The maximum atomic E-state index is 12.2. The summed E-state index contributed by atoms with van der Waals surface area (Å²) in [5, 5.41) is 17.5. The zero-order valence-electron chi connectivity index (χ0n) is 11.6. The lowest BCUT2D eigenvalue weighted by Gasteiger charge is -2.15. The van der Waals surface area contributed by atoms with Crippen molar-refractivity contribution in [1.82, 2.24) is 5.32 Å². The van der Waals surface area contributed by atoms with E-state index >= 15 is 0 Å². The fraction of sp³-hybridized carbons (Fsp3) is 0.214. The number of amides is 1. The molecule has 1 aromatic carbocycles. The quantitative estimate of drug-likeness (QED) is 0.645. The zero-order chi connectivity index (χ0) is 16.1. The number of benzene rings is 1. The van der Waals surface area contributed by atoms with E-state index in [0.29, 0.717) is 0 Å². The highest BCUT2D eigenvalue weighted by molar-refractivity contribution is 7.07. The molecule has 8 heteroatoms. The van der Waals surface area contributed by atoms with Gasteiger partial charge in [-0.25, -0.2) is 0 Å². The highest BCUT2D eigenvalue weighted by atomic mass is 35.5. The minimum atomic E-state index is -0.573. The number of thiophene rings is 1. The van der Waals surface area contributed by atoms with Crippen molar-refractivity contribution >= 4 is 34.5 Å². The summed E-state index contributed by atoms with van der Waals surface area (Å²) < 4.78 is 5.32. The lowest BCUT2D eigenvalue weighted by molar-refractivity contribution is -0.384. The number of nitrogens with one attached hydrogen (secondary N) is 1. The molecule has 0 saturated carbocycles. The number of hydrogen-bond acceptors (Lipinski definition) is 5. The number of nitro groups is 1. The van der Waals surface area contributed by atoms with Crippen molar-refractivity contribution in [2.75, 3.05) is 13.7 Å². The standard InChI is InChI=1S/C14H13ClN2O4S/c1-21-13(9-4-5-22-8-9)7-16-14(18)11-6-10(17(19)20)2-3-12(11)15/h2-6,8,13H,7H2,1H3,(H,16,18). The van der Waals surface area contributed by atoms with E-state index in [1.807, 2.05) is 16.8 Å². The fourth-order valence-corrected chi connectivity index (χ4v) is 2.78. The van der Waals surface area contributed by atoms with Crippen molar-refractivity contribution in [3.8, 4) is 0 Å². The van der Waals surface area contributed by atoms with Gasteiger partial charge < -0.3 is 10.1 Å². The van der Waals surface area contributed by atoms with Crippen LogP contribution in [0.3, 0.4) is 0 Å². The van der Waals surface area contributed by atoms with Crippen molar-refractivity contribution in [2.24, 2.45) is 0 Å². The van der Waals surface area contributed by atoms with Crippen molar-refractivity contribution in [3.63, 3.8) is 0 Å². The van der Waals surface area contributed by atoms with Gasteiger partial charge in [-0.3, -0.25) is 14.9 Å². The molecule has 116 valence electrons. The summed E-state index contributed by atoms with van der Waals surface area (Å²) in [5.74, 6) is -0.481. The molecule has 0 fully saturated rings. The molecule has 0 aliphatic carbocycles. The minimum absolute atomic E-state index is 0.0658. The first kappa shape index (κ1) is 16.4. The van der Waals surface area contributed by atoms with Crippen LogP contribution in [0, 0.1) is 10.1 Å². The highest BCUT2D eigenvalue weighted by Crippen LogP contribution is 2.23. The SMILES string of the molecule is COC(CNC(=O)c1cc([N+](=O)[O-])ccc1Cl)c1ccsc1. The largest absolute Gasteiger partial charge is 0.375 e. The Kier molecular flexibility index (Phi) is 5.48. The van der Waals surface area contributed by atoms with E-state index in [2.05, 4.69) is 5.32 Å². The van der Waals surface area contributed by atoms with E-state index in [9.17, 15) is 14.9 Å². The lowest BCUT2D eigenvalue weighted by Crippen LogP contribution is -2.29. The average molecular weight is 341 g/mol. The molecule has 2 rings (SSSR count). The van der Waals surface area contributed by atoms with E-state index in [-0.39, 0.29) is 28.9 Å². The van der Waals surface area contributed by atoms with Crippen LogP contribution in [0.1, 0.15) is 22.0 Å². The molecule has 0 saturated heterocycles. The Labute approximate surface area is 135 Å². The molecule has 1 unspecified atom stereocenters. The van der Waals surface area contributed by atoms with Crippen LogP contribution in [0.2, 0.25) is 5.02 Å². The van der Waals surface area contributed by atoms with Gasteiger partial charge in [0.2, 0.25) is 0 Å².